The van der Waals surface area contributed by atoms with Crippen LogP contribution in [0.1, 0.15) is 230 Å². The zero-order valence-corrected chi connectivity index (χ0v) is 87.1. The van der Waals surface area contributed by atoms with Crippen LogP contribution in [0.3, 0.4) is 0 Å². The minimum absolute atomic E-state index is 0. The fourth-order valence-electron chi connectivity index (χ4n) is 23.4. The van der Waals surface area contributed by atoms with Gasteiger partial charge in [0.2, 0.25) is 35.4 Å². The second-order valence-corrected chi connectivity index (χ2v) is 41.7. The summed E-state index contributed by atoms with van der Waals surface area (Å²) in [6.45, 7) is 15.9. The molecule has 2 unspecified atom stereocenters. The van der Waals surface area contributed by atoms with Gasteiger partial charge >= 0.3 is 18.3 Å². The number of hydrogen-bond acceptors (Lipinski definition) is 27. The minimum Gasteiger partial charge on any atom is -0.540 e. The number of rotatable bonds is 12. The number of alkyl carbamates (subject to hydrolysis) is 3. The van der Waals surface area contributed by atoms with Crippen LogP contribution in [0, 0.1) is 63.6 Å². The molecule has 781 valence electrons. The number of aromatic nitrogens is 6. The maximum absolute atomic E-state index is 16.0. The Morgan fingerprint density at radius 3 is 1.20 bits per heavy atom. The molecule has 6 saturated heterocycles. The van der Waals surface area contributed by atoms with E-state index in [-0.39, 0.29) is 151 Å². The molecule has 10 fully saturated rings. The van der Waals surface area contributed by atoms with Crippen molar-refractivity contribution in [3.05, 3.63) is 71.7 Å². The Morgan fingerprint density at radius 2 is 0.790 bits per heavy atom. The summed E-state index contributed by atoms with van der Waals surface area (Å²) < 4.78 is 134. The smallest absolute Gasteiger partial charge is 0.408 e. The number of benzene rings is 3. The van der Waals surface area contributed by atoms with Gasteiger partial charge in [-0.1, -0.05) is 105 Å². The summed E-state index contributed by atoms with van der Waals surface area (Å²) >= 11 is 0. The van der Waals surface area contributed by atoms with E-state index < -0.39 is 154 Å². The van der Waals surface area contributed by atoms with Gasteiger partial charge in [0.05, 0.1) is 74.1 Å². The molecule has 6 aromatic rings. The van der Waals surface area contributed by atoms with Crippen LogP contribution in [0.2, 0.25) is 0 Å². The number of fused-ring (bicyclic) bond motifs is 17. The summed E-state index contributed by atoms with van der Waals surface area (Å²) in [5.41, 5.74) is -0.510. The molecule has 3 aromatic heterocycles. The molecule has 6 amide bonds. The third-order valence-electron chi connectivity index (χ3n) is 32.7. The third-order valence-corrected chi connectivity index (χ3v) is 32.7. The van der Waals surface area contributed by atoms with Crippen LogP contribution in [0.25, 0.3) is 33.1 Å². The molecule has 143 heavy (non-hydrogen) atoms. The van der Waals surface area contributed by atoms with E-state index in [1.165, 1.54) is 30.4 Å². The number of alkyl halides is 4. The van der Waals surface area contributed by atoms with Crippen molar-refractivity contribution in [3.8, 4) is 34.9 Å². The van der Waals surface area contributed by atoms with Crippen LogP contribution in [0.15, 0.2) is 54.6 Å². The number of hydrogen-bond donors (Lipinski definition) is 3. The van der Waals surface area contributed by atoms with Gasteiger partial charge in [-0.3, -0.25) is 14.4 Å². The van der Waals surface area contributed by atoms with Crippen molar-refractivity contribution in [2.45, 2.75) is 300 Å². The van der Waals surface area contributed by atoms with Crippen LogP contribution in [-0.4, -0.2) is 252 Å². The molecule has 13 aliphatic rings. The first-order valence-electron chi connectivity index (χ1n) is 50.3. The van der Waals surface area contributed by atoms with Crippen LogP contribution >= 0.6 is 0 Å². The minimum atomic E-state index is -3.38. The first-order valence-corrected chi connectivity index (χ1v) is 50.3. The molecule has 3 aromatic carbocycles. The Bertz CT molecular complexity index is 5580. The van der Waals surface area contributed by atoms with Crippen molar-refractivity contribution in [2.24, 2.45) is 63.6 Å². The van der Waals surface area contributed by atoms with Gasteiger partial charge in [0.25, 0.3) is 11.8 Å². The van der Waals surface area contributed by atoms with E-state index in [0.717, 1.165) is 43.3 Å². The van der Waals surface area contributed by atoms with Gasteiger partial charge in [0.15, 0.2) is 11.4 Å². The average Bonchev–Trinajstić information content (AvgIpc) is 1.73. The summed E-state index contributed by atoms with van der Waals surface area (Å²) in [6.07, 6.45) is 15.8. The molecule has 9 aliphatic heterocycles. The summed E-state index contributed by atoms with van der Waals surface area (Å²) in [6, 6.07) is 9.40. The molecular formula is C103H137F4N12O21V3-3. The standard InChI is InChI=1S/C36H47N4O7.C34H43F2N4O7.C33H41F2N4O7.3V.3H2/c1-4-23-29(20-41)40-19-31(23)46-33-27(37-26-11-10-22(44-3)18-28(26)38-33)9-7-5-6-8-24-25-16-21(25)17-30(24)47-35(43)39-32(34(40)42)36(2)12-14-45-15-13-36;1-5-22-25(19-41)40-18-26(22)46-29-27(37-23-10-9-21(44-4)16-24(23)38-29)34(35,36)11-7-6-8-20-17-33(20,3)47-31(43)39-28(30(40)42)32(2)12-14-45-15-13-32;1-4-21-24(18-40)39-17-26(21)45-29-27(36-22-9-8-20(43-3)16-23(22)37-29)33(34,35)10-6-5-7-19-15-25(19)46-31(42)38-28(30(39)41)32(2)11-13-44-14-12-32;;;;;;/h10-11,18,21,23-25,29-32H,4-9,12-17,19H2,1-3H3,(H,39,43);9-10,16,20,22,25-26,28H,5-8,11-15,17-18H2,1-4H3,(H,39,43);8-9,16,19,21,24-26,28H,4-7,10-15,17H2,1-3H3,(H,38,42);;;;3*1H/q3*-1;;;;;;/t21?,23-,24+,25?,29+,30+,31-,32+;20-,22+,25-,26+,28-,33-;19-,21+,24-,25-,26+,28-;;;;;;/m011....../s1. The summed E-state index contributed by atoms with van der Waals surface area (Å²) in [4.78, 5) is 153. The maximum Gasteiger partial charge on any atom is 0.408 e. The van der Waals surface area contributed by atoms with Crippen LogP contribution in [-0.2, 0) is 131 Å². The number of halogens is 4. The van der Waals surface area contributed by atoms with Crippen molar-refractivity contribution in [1.82, 2.24) is 60.6 Å². The number of carbonyl (C=O) groups excluding carboxylic acids is 9. The van der Waals surface area contributed by atoms with E-state index in [1.54, 1.807) is 48.4 Å². The second-order valence-electron chi connectivity index (χ2n) is 41.7. The number of aryl methyl sites for hydroxylation is 1. The molecule has 40 heteroatoms. The van der Waals surface area contributed by atoms with E-state index in [2.05, 4.69) is 42.2 Å². The number of methoxy groups -OCH3 is 3. The van der Waals surface area contributed by atoms with Crippen molar-refractivity contribution in [2.75, 3.05) is 80.6 Å². The van der Waals surface area contributed by atoms with E-state index in [9.17, 15) is 43.2 Å². The Balaban J connectivity index is 0.000000204. The molecule has 3 radical (unpaired) electrons. The van der Waals surface area contributed by atoms with Gasteiger partial charge < -0.3 is 102 Å². The van der Waals surface area contributed by atoms with Gasteiger partial charge in [-0.2, -0.15) is 17.6 Å². The van der Waals surface area contributed by atoms with Gasteiger partial charge in [-0.05, 0) is 194 Å². The second kappa shape index (κ2) is 46.2. The summed E-state index contributed by atoms with van der Waals surface area (Å²) in [5.74, 6) is -6.45. The van der Waals surface area contributed by atoms with Crippen LogP contribution in [0.4, 0.5) is 31.9 Å². The molecule has 0 spiro atoms. The average molecular weight is 2110 g/mol. The normalized spacial score (nSPS) is 31.9. The molecular weight excluding hydrogens is 1970 g/mol. The SMILES string of the molecule is CC[C@@H]1[C@@H]2CN(C(=O)[C@H](C3(C)CCOCC3)NC(=O)O[C@@H]3CC4CC4[C@H]3CCCCCc3nc4ccc(OC)cc4nc3O2)[C@@H]1[C-]=O.CC[C@@H]1[C@@H]2CN(C(=O)[C@H](C3(C)CCOCC3)NC(=O)O[C@@H]3C[C@H]3CCCCC(F)(F)c3nc4ccc(OC)cc4nc3O2)[C@@H]1[C-]=O.CC[C@@H]1[C@@H]2CN(C(=O)[C@H](C3(C)CCOCC3)NC(=O)O[C@]3(C)C[C@H]3CCCCC(F)(F)c3nc4ccc(OC)cc4nc3O2)[C@@H]1[C-]=O.[HH].[HH].[HH].[V].[V].[V]. The van der Waals surface area contributed by atoms with Crippen LogP contribution in [0.5, 0.6) is 34.9 Å². The molecule has 12 heterocycles. The van der Waals surface area contributed by atoms with Gasteiger partial charge in [-0.25, -0.2) is 63.1 Å². The van der Waals surface area contributed by atoms with Crippen molar-refractivity contribution >= 4 is 88.0 Å². The van der Waals surface area contributed by atoms with Crippen molar-refractivity contribution in [3.63, 3.8) is 0 Å². The monoisotopic (exact) mass is 2110 g/mol. The fourth-order valence-corrected chi connectivity index (χ4v) is 23.4. The van der Waals surface area contributed by atoms with E-state index in [4.69, 9.17) is 66.8 Å². The maximum atomic E-state index is 16.0. The molecule has 20 atom stereocenters. The topological polar surface area (TPSA) is 388 Å². The number of ether oxygens (including phenoxy) is 12. The van der Waals surface area contributed by atoms with Gasteiger partial charge in [0.1, 0.15) is 77.2 Å². The third kappa shape index (κ3) is 23.8. The summed E-state index contributed by atoms with van der Waals surface area (Å²) in [7, 11) is 4.60. The van der Waals surface area contributed by atoms with E-state index in [1.807, 2.05) is 79.2 Å². The zero-order chi connectivity index (χ0) is 98.9. The van der Waals surface area contributed by atoms with Gasteiger partial charge in [0, 0.05) is 153 Å². The van der Waals surface area contributed by atoms with Crippen molar-refractivity contribution in [1.29, 1.82) is 0 Å². The molecule has 4 aliphatic carbocycles. The molecule has 6 bridgehead atoms. The van der Waals surface area contributed by atoms with E-state index in [0.29, 0.717) is 200 Å². The Hall–Kier alpha value is -8.94. The number of nitrogens with zero attached hydrogens (tertiary/aromatic N) is 9. The van der Waals surface area contributed by atoms with Crippen LogP contribution < -0.4 is 44.4 Å². The largest absolute Gasteiger partial charge is 0.540 e. The van der Waals surface area contributed by atoms with Gasteiger partial charge in [-0.15, -0.1) is 0 Å². The zero-order valence-electron chi connectivity index (χ0n) is 82.9. The Morgan fingerprint density at radius 1 is 0.413 bits per heavy atom. The molecule has 4 saturated carbocycles. The molecule has 19 rings (SSSR count). The number of nitrogens with one attached hydrogen (secondary N) is 3. The molecule has 33 nitrogen and oxygen atoms in total. The fraction of sp³-hybridized carbons (Fsp3) is 0.680. The Kier molecular flexibility index (Phi) is 35.5. The number of amides is 6. The quantitative estimate of drug-likeness (QED) is 0.0582. The predicted octanol–water partition coefficient (Wildman–Crippen LogP) is 15.3. The number of carbonyl (C=O) groups is 6. The predicted molar refractivity (Wildman–Crippen MR) is 506 cm³/mol. The van der Waals surface area contributed by atoms with E-state index >= 15 is 17.6 Å². The first kappa shape index (κ1) is 110. The Labute approximate surface area is 871 Å². The first-order chi connectivity index (χ1) is 67.3. The summed E-state index contributed by atoms with van der Waals surface area (Å²) in [5, 5.41) is 8.73. The van der Waals surface area contributed by atoms with Crippen molar-refractivity contribution < 1.29 is 178 Å². The molecule has 3 N–H and O–H groups in total.